The molecule has 5 heteroatoms. The van der Waals surface area contributed by atoms with E-state index in [1.54, 1.807) is 24.3 Å². The van der Waals surface area contributed by atoms with Gasteiger partial charge in [-0.15, -0.1) is 0 Å². The first-order valence-electron chi connectivity index (χ1n) is 4.64. The van der Waals surface area contributed by atoms with Crippen molar-refractivity contribution < 1.29 is 9.90 Å². The average molecular weight is 215 g/mol. The number of anilines is 1. The zero-order chi connectivity index (χ0) is 11.4. The molecule has 16 heavy (non-hydrogen) atoms. The Bertz CT molecular complexity index is 500. The second kappa shape index (κ2) is 4.39. The fourth-order valence-corrected chi connectivity index (χ4v) is 1.16. The van der Waals surface area contributed by atoms with E-state index < -0.39 is 5.91 Å². The van der Waals surface area contributed by atoms with Gasteiger partial charge in [0.2, 0.25) is 0 Å². The van der Waals surface area contributed by atoms with Crippen LogP contribution in [0.2, 0.25) is 0 Å². The van der Waals surface area contributed by atoms with Crippen LogP contribution in [0.4, 0.5) is 5.82 Å². The molecule has 0 saturated carbocycles. The van der Waals surface area contributed by atoms with Crippen molar-refractivity contribution >= 4 is 11.7 Å². The summed E-state index contributed by atoms with van der Waals surface area (Å²) in [5, 5.41) is 11.9. The number of pyridine rings is 2. The van der Waals surface area contributed by atoms with E-state index in [0.717, 1.165) is 0 Å². The van der Waals surface area contributed by atoms with Gasteiger partial charge >= 0.3 is 0 Å². The largest absolute Gasteiger partial charge is 0.504 e. The Labute approximate surface area is 91.8 Å². The van der Waals surface area contributed by atoms with E-state index in [9.17, 15) is 9.90 Å². The SMILES string of the molecule is O=C(Nc1ncccc1O)c1ccccn1. The molecule has 0 spiro atoms. The Hall–Kier alpha value is -2.43. The Morgan fingerprint density at radius 3 is 2.62 bits per heavy atom. The molecule has 0 fully saturated rings. The van der Waals surface area contributed by atoms with Gasteiger partial charge in [0, 0.05) is 12.4 Å². The summed E-state index contributed by atoms with van der Waals surface area (Å²) in [7, 11) is 0. The van der Waals surface area contributed by atoms with Gasteiger partial charge in [0.25, 0.3) is 5.91 Å². The summed E-state index contributed by atoms with van der Waals surface area (Å²) in [6.07, 6.45) is 3.00. The van der Waals surface area contributed by atoms with Crippen LogP contribution in [0.15, 0.2) is 42.7 Å². The molecule has 0 aromatic carbocycles. The first-order chi connectivity index (χ1) is 7.77. The normalized spacial score (nSPS) is 9.75. The topological polar surface area (TPSA) is 75.1 Å². The standard InChI is InChI=1S/C11H9N3O2/c15-9-5-3-7-13-10(9)14-11(16)8-4-1-2-6-12-8/h1-7,15H,(H,13,14,16). The summed E-state index contributed by atoms with van der Waals surface area (Å²) < 4.78 is 0. The molecule has 0 bridgehead atoms. The maximum absolute atomic E-state index is 11.6. The van der Waals surface area contributed by atoms with Gasteiger partial charge in [0.05, 0.1) is 0 Å². The van der Waals surface area contributed by atoms with Crippen LogP contribution in [0.3, 0.4) is 0 Å². The highest BCUT2D eigenvalue weighted by Crippen LogP contribution is 2.18. The minimum Gasteiger partial charge on any atom is -0.504 e. The summed E-state index contributed by atoms with van der Waals surface area (Å²) in [6.45, 7) is 0. The molecule has 80 valence electrons. The molecule has 0 unspecified atom stereocenters. The average Bonchev–Trinajstić information content (AvgIpc) is 2.33. The Morgan fingerprint density at radius 1 is 1.12 bits per heavy atom. The van der Waals surface area contributed by atoms with Crippen molar-refractivity contribution in [3.63, 3.8) is 0 Å². The van der Waals surface area contributed by atoms with Gasteiger partial charge in [-0.05, 0) is 24.3 Å². The molecular weight excluding hydrogens is 206 g/mol. The van der Waals surface area contributed by atoms with E-state index >= 15 is 0 Å². The third-order valence-electron chi connectivity index (χ3n) is 1.92. The Kier molecular flexibility index (Phi) is 2.77. The van der Waals surface area contributed by atoms with E-state index in [4.69, 9.17) is 0 Å². The Balaban J connectivity index is 2.18. The summed E-state index contributed by atoms with van der Waals surface area (Å²) >= 11 is 0. The molecule has 2 heterocycles. The second-order valence-corrected chi connectivity index (χ2v) is 3.04. The quantitative estimate of drug-likeness (QED) is 0.794. The summed E-state index contributed by atoms with van der Waals surface area (Å²) in [6, 6.07) is 8.03. The maximum atomic E-state index is 11.6. The van der Waals surface area contributed by atoms with Crippen molar-refractivity contribution in [3.8, 4) is 5.75 Å². The molecule has 0 aliphatic heterocycles. The molecule has 2 aromatic rings. The number of hydrogen-bond donors (Lipinski definition) is 2. The van der Waals surface area contributed by atoms with Crippen molar-refractivity contribution in [2.45, 2.75) is 0 Å². The number of hydrogen-bond acceptors (Lipinski definition) is 4. The van der Waals surface area contributed by atoms with Gasteiger partial charge in [-0.25, -0.2) is 4.98 Å². The molecule has 0 saturated heterocycles. The third kappa shape index (κ3) is 2.14. The van der Waals surface area contributed by atoms with Crippen molar-refractivity contribution in [1.82, 2.24) is 9.97 Å². The van der Waals surface area contributed by atoms with E-state index in [-0.39, 0.29) is 17.3 Å². The zero-order valence-electron chi connectivity index (χ0n) is 8.29. The molecule has 0 atom stereocenters. The van der Waals surface area contributed by atoms with Crippen LogP contribution in [0.1, 0.15) is 10.5 Å². The molecule has 2 rings (SSSR count). The van der Waals surface area contributed by atoms with Crippen LogP contribution in [0.5, 0.6) is 5.75 Å². The lowest BCUT2D eigenvalue weighted by atomic mass is 10.3. The van der Waals surface area contributed by atoms with Gasteiger partial charge in [-0.3, -0.25) is 9.78 Å². The summed E-state index contributed by atoms with van der Waals surface area (Å²) in [5.74, 6) is -0.362. The van der Waals surface area contributed by atoms with Crippen LogP contribution >= 0.6 is 0 Å². The molecule has 0 aliphatic carbocycles. The number of amides is 1. The number of carbonyl (C=O) groups is 1. The minimum absolute atomic E-state index is 0.0771. The van der Waals surface area contributed by atoms with Crippen LogP contribution < -0.4 is 5.32 Å². The van der Waals surface area contributed by atoms with Gasteiger partial charge < -0.3 is 10.4 Å². The van der Waals surface area contributed by atoms with Crippen LogP contribution in [-0.2, 0) is 0 Å². The second-order valence-electron chi connectivity index (χ2n) is 3.04. The van der Waals surface area contributed by atoms with Crippen molar-refractivity contribution in [1.29, 1.82) is 0 Å². The first kappa shape index (κ1) is 10.1. The van der Waals surface area contributed by atoms with Gasteiger partial charge in [0.15, 0.2) is 11.6 Å². The van der Waals surface area contributed by atoms with E-state index in [0.29, 0.717) is 0 Å². The minimum atomic E-state index is -0.408. The summed E-state index contributed by atoms with van der Waals surface area (Å²) in [4.78, 5) is 19.4. The lowest BCUT2D eigenvalue weighted by Crippen LogP contribution is -2.14. The lowest BCUT2D eigenvalue weighted by Gasteiger charge is -2.04. The van der Waals surface area contributed by atoms with Gasteiger partial charge in [-0.2, -0.15) is 0 Å². The zero-order valence-corrected chi connectivity index (χ0v) is 8.29. The molecule has 0 radical (unpaired) electrons. The number of aromatic hydroxyl groups is 1. The van der Waals surface area contributed by atoms with Gasteiger partial charge in [0.1, 0.15) is 5.69 Å². The monoisotopic (exact) mass is 215 g/mol. The third-order valence-corrected chi connectivity index (χ3v) is 1.92. The molecule has 1 amide bonds. The van der Waals surface area contributed by atoms with Crippen LogP contribution in [0, 0.1) is 0 Å². The van der Waals surface area contributed by atoms with Crippen molar-refractivity contribution in [3.05, 3.63) is 48.4 Å². The van der Waals surface area contributed by atoms with Crippen molar-refractivity contribution in [2.75, 3.05) is 5.32 Å². The lowest BCUT2D eigenvalue weighted by molar-refractivity contribution is 0.102. The fraction of sp³-hybridized carbons (Fsp3) is 0. The number of rotatable bonds is 2. The number of aromatic nitrogens is 2. The Morgan fingerprint density at radius 2 is 1.94 bits per heavy atom. The first-order valence-corrected chi connectivity index (χ1v) is 4.64. The predicted octanol–water partition coefficient (Wildman–Crippen LogP) is 1.43. The smallest absolute Gasteiger partial charge is 0.275 e. The molecule has 2 N–H and O–H groups in total. The number of nitrogens with zero attached hydrogens (tertiary/aromatic N) is 2. The number of nitrogens with one attached hydrogen (secondary N) is 1. The molecule has 0 aliphatic rings. The number of carbonyl (C=O) groups excluding carboxylic acids is 1. The van der Waals surface area contributed by atoms with E-state index in [1.165, 1.54) is 18.5 Å². The predicted molar refractivity (Wildman–Crippen MR) is 58.1 cm³/mol. The molecule has 5 nitrogen and oxygen atoms in total. The highest BCUT2D eigenvalue weighted by molar-refractivity contribution is 6.02. The molecular formula is C11H9N3O2. The van der Waals surface area contributed by atoms with Crippen LogP contribution in [-0.4, -0.2) is 21.0 Å². The van der Waals surface area contributed by atoms with E-state index in [2.05, 4.69) is 15.3 Å². The summed E-state index contributed by atoms with van der Waals surface area (Å²) in [5.41, 5.74) is 0.271. The maximum Gasteiger partial charge on any atom is 0.275 e. The van der Waals surface area contributed by atoms with E-state index in [1.807, 2.05) is 0 Å². The highest BCUT2D eigenvalue weighted by atomic mass is 16.3. The van der Waals surface area contributed by atoms with Crippen LogP contribution in [0.25, 0.3) is 0 Å². The molecule has 2 aromatic heterocycles. The fourth-order valence-electron chi connectivity index (χ4n) is 1.16. The van der Waals surface area contributed by atoms with Crippen molar-refractivity contribution in [2.24, 2.45) is 0 Å². The highest BCUT2D eigenvalue weighted by Gasteiger charge is 2.09. The van der Waals surface area contributed by atoms with Gasteiger partial charge in [-0.1, -0.05) is 6.07 Å².